The van der Waals surface area contributed by atoms with Gasteiger partial charge in [-0.05, 0) is 45.6 Å². The fourth-order valence-corrected chi connectivity index (χ4v) is 1.49. The number of aromatic carboxylic acids is 1. The van der Waals surface area contributed by atoms with Crippen molar-refractivity contribution >= 4 is 17.5 Å². The van der Waals surface area contributed by atoms with Gasteiger partial charge in [0.15, 0.2) is 5.69 Å². The molecule has 0 saturated heterocycles. The Kier molecular flexibility index (Phi) is 5.38. The highest BCUT2D eigenvalue weighted by Gasteiger charge is 2.07. The molecule has 100 valence electrons. The number of carboxylic acid groups (broad SMARTS) is 1. The molecule has 0 bridgehead atoms. The van der Waals surface area contributed by atoms with Crippen LogP contribution in [0.3, 0.4) is 0 Å². The fraction of sp³-hybridized carbons (Fsp3) is 0.500. The van der Waals surface area contributed by atoms with E-state index in [1.165, 1.54) is 6.07 Å². The van der Waals surface area contributed by atoms with Crippen molar-refractivity contribution in [3.8, 4) is 0 Å². The Balaban J connectivity index is 2.46. The van der Waals surface area contributed by atoms with E-state index in [0.717, 1.165) is 25.9 Å². The quantitative estimate of drug-likeness (QED) is 0.630. The summed E-state index contributed by atoms with van der Waals surface area (Å²) >= 11 is 0. The Morgan fingerprint density at radius 3 is 2.78 bits per heavy atom. The molecule has 6 heteroatoms. The van der Waals surface area contributed by atoms with Gasteiger partial charge in [-0.3, -0.25) is 0 Å². The summed E-state index contributed by atoms with van der Waals surface area (Å²) in [6.45, 7) is 1.76. The Labute approximate surface area is 107 Å². The first-order valence-corrected chi connectivity index (χ1v) is 5.89. The highest BCUT2D eigenvalue weighted by molar-refractivity contribution is 5.86. The molecule has 18 heavy (non-hydrogen) atoms. The van der Waals surface area contributed by atoms with Crippen LogP contribution in [-0.4, -0.2) is 48.1 Å². The van der Waals surface area contributed by atoms with Gasteiger partial charge in [0.05, 0.1) is 5.69 Å². The van der Waals surface area contributed by atoms with Crippen LogP contribution >= 0.6 is 0 Å². The molecule has 4 N–H and O–H groups in total. The molecule has 0 spiro atoms. The lowest BCUT2D eigenvalue weighted by molar-refractivity contribution is 0.0690. The Hall–Kier alpha value is -1.82. The summed E-state index contributed by atoms with van der Waals surface area (Å²) in [4.78, 5) is 16.9. The van der Waals surface area contributed by atoms with Crippen molar-refractivity contribution in [2.24, 2.45) is 0 Å². The number of nitrogens with two attached hydrogens (primary N) is 1. The van der Waals surface area contributed by atoms with E-state index in [-0.39, 0.29) is 5.69 Å². The molecule has 0 atom stereocenters. The number of anilines is 2. The molecule has 6 nitrogen and oxygen atoms in total. The van der Waals surface area contributed by atoms with Crippen LogP contribution in [0.4, 0.5) is 11.5 Å². The maximum absolute atomic E-state index is 10.8. The zero-order valence-corrected chi connectivity index (χ0v) is 10.8. The molecule has 0 radical (unpaired) electrons. The number of unbranched alkanes of at least 4 members (excludes halogenated alkanes) is 1. The van der Waals surface area contributed by atoms with Gasteiger partial charge in [0.2, 0.25) is 0 Å². The number of nitrogens with one attached hydrogen (secondary N) is 1. The Morgan fingerprint density at radius 2 is 2.17 bits per heavy atom. The largest absolute Gasteiger partial charge is 0.477 e. The second-order valence-corrected chi connectivity index (χ2v) is 4.38. The van der Waals surface area contributed by atoms with E-state index in [1.54, 1.807) is 6.07 Å². The summed E-state index contributed by atoms with van der Waals surface area (Å²) in [5.74, 6) is -0.606. The van der Waals surface area contributed by atoms with Crippen molar-refractivity contribution in [1.82, 2.24) is 9.88 Å². The third-order valence-corrected chi connectivity index (χ3v) is 2.47. The van der Waals surface area contributed by atoms with Crippen LogP contribution in [0.1, 0.15) is 23.3 Å². The molecular formula is C12H20N4O2. The molecule has 0 aliphatic rings. The number of pyridine rings is 1. The van der Waals surface area contributed by atoms with E-state index in [1.807, 2.05) is 14.1 Å². The van der Waals surface area contributed by atoms with Crippen molar-refractivity contribution in [2.45, 2.75) is 12.8 Å². The molecule has 0 aliphatic heterocycles. The van der Waals surface area contributed by atoms with Crippen molar-refractivity contribution in [2.75, 3.05) is 38.2 Å². The Bertz CT molecular complexity index is 407. The number of carboxylic acids is 1. The lowest BCUT2D eigenvalue weighted by atomic mass is 10.3. The molecule has 1 rings (SSSR count). The van der Waals surface area contributed by atoms with Crippen LogP contribution in [0.15, 0.2) is 12.1 Å². The third-order valence-electron chi connectivity index (χ3n) is 2.47. The molecule has 1 aromatic heterocycles. The first-order chi connectivity index (χ1) is 8.50. The van der Waals surface area contributed by atoms with Gasteiger partial charge in [0.1, 0.15) is 5.82 Å². The van der Waals surface area contributed by atoms with Crippen LogP contribution in [0.25, 0.3) is 0 Å². The third kappa shape index (κ3) is 4.58. The highest BCUT2D eigenvalue weighted by Crippen LogP contribution is 2.15. The van der Waals surface area contributed by atoms with Crippen LogP contribution in [0.5, 0.6) is 0 Å². The second-order valence-electron chi connectivity index (χ2n) is 4.38. The van der Waals surface area contributed by atoms with E-state index >= 15 is 0 Å². The maximum Gasteiger partial charge on any atom is 0.354 e. The number of carbonyl (C=O) groups is 1. The maximum atomic E-state index is 10.8. The molecule has 0 saturated carbocycles. The summed E-state index contributed by atoms with van der Waals surface area (Å²) in [6, 6.07) is 2.95. The van der Waals surface area contributed by atoms with Crippen LogP contribution in [0, 0.1) is 0 Å². The van der Waals surface area contributed by atoms with Gasteiger partial charge < -0.3 is 21.1 Å². The number of nitrogens with zero attached hydrogens (tertiary/aromatic N) is 2. The van der Waals surface area contributed by atoms with Gasteiger partial charge in [-0.2, -0.15) is 0 Å². The molecule has 0 amide bonds. The van der Waals surface area contributed by atoms with Gasteiger partial charge in [-0.15, -0.1) is 0 Å². The van der Waals surface area contributed by atoms with Crippen LogP contribution in [0.2, 0.25) is 0 Å². The first kappa shape index (κ1) is 14.2. The molecule has 0 aromatic carbocycles. The zero-order valence-electron chi connectivity index (χ0n) is 10.8. The number of hydrogen-bond acceptors (Lipinski definition) is 5. The minimum atomic E-state index is -1.05. The highest BCUT2D eigenvalue weighted by atomic mass is 16.4. The Morgan fingerprint density at radius 1 is 1.44 bits per heavy atom. The van der Waals surface area contributed by atoms with Crippen molar-refractivity contribution in [3.63, 3.8) is 0 Å². The minimum Gasteiger partial charge on any atom is -0.477 e. The fourth-order valence-electron chi connectivity index (χ4n) is 1.49. The summed E-state index contributed by atoms with van der Waals surface area (Å²) < 4.78 is 0. The number of rotatable bonds is 7. The average molecular weight is 252 g/mol. The molecule has 1 aromatic rings. The number of nitrogen functional groups attached to an aromatic ring is 1. The van der Waals surface area contributed by atoms with E-state index in [2.05, 4.69) is 15.2 Å². The molecule has 0 aliphatic carbocycles. The molecule has 0 unspecified atom stereocenters. The topological polar surface area (TPSA) is 91.5 Å². The predicted molar refractivity (Wildman–Crippen MR) is 71.9 cm³/mol. The van der Waals surface area contributed by atoms with Crippen molar-refractivity contribution < 1.29 is 9.90 Å². The predicted octanol–water partition coefficient (Wildman–Crippen LogP) is 1.12. The first-order valence-electron chi connectivity index (χ1n) is 5.89. The normalized spacial score (nSPS) is 10.6. The zero-order chi connectivity index (χ0) is 13.5. The van der Waals surface area contributed by atoms with Gasteiger partial charge in [0, 0.05) is 6.54 Å². The molecule has 1 heterocycles. The minimum absolute atomic E-state index is 0.00000785. The van der Waals surface area contributed by atoms with Crippen LogP contribution in [-0.2, 0) is 0 Å². The summed E-state index contributed by atoms with van der Waals surface area (Å²) in [7, 11) is 4.06. The lowest BCUT2D eigenvalue weighted by Gasteiger charge is -2.11. The molecular weight excluding hydrogens is 232 g/mol. The van der Waals surface area contributed by atoms with E-state index < -0.39 is 5.97 Å². The van der Waals surface area contributed by atoms with E-state index in [0.29, 0.717) is 11.5 Å². The van der Waals surface area contributed by atoms with Crippen molar-refractivity contribution in [1.29, 1.82) is 0 Å². The average Bonchev–Trinajstić information content (AvgIpc) is 2.30. The number of hydrogen-bond donors (Lipinski definition) is 3. The van der Waals surface area contributed by atoms with Gasteiger partial charge in [0.25, 0.3) is 0 Å². The van der Waals surface area contributed by atoms with E-state index in [4.69, 9.17) is 10.8 Å². The van der Waals surface area contributed by atoms with E-state index in [9.17, 15) is 4.79 Å². The standard InChI is InChI=1S/C12H20N4O2/c1-16(2)8-4-3-7-14-11-9(13)5-6-10(15-11)12(17)18/h5-6H,3-4,7-8,13H2,1-2H3,(H,14,15)(H,17,18). The SMILES string of the molecule is CN(C)CCCCNc1nc(C(=O)O)ccc1N. The van der Waals surface area contributed by atoms with Gasteiger partial charge in [-0.25, -0.2) is 9.78 Å². The smallest absolute Gasteiger partial charge is 0.354 e. The monoisotopic (exact) mass is 252 g/mol. The van der Waals surface area contributed by atoms with Gasteiger partial charge >= 0.3 is 5.97 Å². The lowest BCUT2D eigenvalue weighted by Crippen LogP contribution is -2.15. The summed E-state index contributed by atoms with van der Waals surface area (Å²) in [5, 5.41) is 11.9. The van der Waals surface area contributed by atoms with Gasteiger partial charge in [-0.1, -0.05) is 0 Å². The van der Waals surface area contributed by atoms with Crippen molar-refractivity contribution in [3.05, 3.63) is 17.8 Å². The number of aromatic nitrogens is 1. The summed E-state index contributed by atoms with van der Waals surface area (Å²) in [6.07, 6.45) is 2.05. The second kappa shape index (κ2) is 6.80. The molecule has 0 fully saturated rings. The van der Waals surface area contributed by atoms with Crippen LogP contribution < -0.4 is 11.1 Å². The summed E-state index contributed by atoms with van der Waals surface area (Å²) in [5.41, 5.74) is 6.19.